The molecule has 0 aliphatic carbocycles. The number of rotatable bonds is 2. The molecule has 4 nitrogen and oxygen atoms in total. The number of methoxy groups -OCH3 is 1. The predicted molar refractivity (Wildman–Crippen MR) is 78.2 cm³/mol. The number of aromatic nitrogens is 2. The van der Waals surface area contributed by atoms with Crippen LogP contribution in [0, 0.1) is 0 Å². The van der Waals surface area contributed by atoms with Gasteiger partial charge in [-0.05, 0) is 12.1 Å². The van der Waals surface area contributed by atoms with Crippen molar-refractivity contribution in [1.82, 2.24) is 9.97 Å². The van der Waals surface area contributed by atoms with E-state index in [0.717, 1.165) is 5.56 Å². The predicted octanol–water partition coefficient (Wildman–Crippen LogP) is 3.66. The van der Waals surface area contributed by atoms with Crippen molar-refractivity contribution < 1.29 is 9.84 Å². The number of ether oxygens (including phenoxy) is 1. The molecule has 0 spiro atoms. The molecule has 0 bridgehead atoms. The second-order valence-corrected chi connectivity index (χ2v) is 4.61. The van der Waals surface area contributed by atoms with Crippen LogP contribution in [0.1, 0.15) is 0 Å². The first-order chi connectivity index (χ1) is 9.70. The third-order valence-corrected chi connectivity index (χ3v) is 3.40. The smallest absolute Gasteiger partial charge is 0.140 e. The van der Waals surface area contributed by atoms with E-state index < -0.39 is 0 Å². The topological polar surface area (TPSA) is 55.2 Å². The van der Waals surface area contributed by atoms with Crippen molar-refractivity contribution in [3.8, 4) is 22.6 Å². The lowest BCUT2D eigenvalue weighted by Gasteiger charge is -2.11. The first-order valence-electron chi connectivity index (χ1n) is 5.97. The van der Waals surface area contributed by atoms with Crippen LogP contribution in [0.2, 0.25) is 5.15 Å². The summed E-state index contributed by atoms with van der Waals surface area (Å²) in [6.45, 7) is 0. The Balaban J connectivity index is 2.34. The number of benzene rings is 2. The second kappa shape index (κ2) is 4.98. The number of phenols is 1. The third kappa shape index (κ3) is 2.04. The average Bonchev–Trinajstić information content (AvgIpc) is 2.47. The molecule has 1 heterocycles. The zero-order valence-electron chi connectivity index (χ0n) is 10.7. The van der Waals surface area contributed by atoms with Crippen LogP contribution in [-0.2, 0) is 0 Å². The Hall–Kier alpha value is -2.33. The number of hydrogen-bond donors (Lipinski definition) is 1. The van der Waals surface area contributed by atoms with E-state index in [0.29, 0.717) is 27.4 Å². The van der Waals surface area contributed by atoms with Gasteiger partial charge in [-0.3, -0.25) is 0 Å². The Bertz CT molecular complexity index is 790. The van der Waals surface area contributed by atoms with E-state index in [4.69, 9.17) is 16.3 Å². The van der Waals surface area contributed by atoms with Gasteiger partial charge in [-0.25, -0.2) is 9.97 Å². The van der Waals surface area contributed by atoms with Crippen LogP contribution < -0.4 is 4.74 Å². The molecule has 0 radical (unpaired) electrons. The monoisotopic (exact) mass is 286 g/mol. The summed E-state index contributed by atoms with van der Waals surface area (Å²) >= 11 is 6.10. The quantitative estimate of drug-likeness (QED) is 0.730. The van der Waals surface area contributed by atoms with Gasteiger partial charge in [-0.2, -0.15) is 0 Å². The molecular formula is C15H11ClN2O2. The van der Waals surface area contributed by atoms with Gasteiger partial charge in [0.2, 0.25) is 0 Å². The maximum atomic E-state index is 10.0. The number of phenolic OH excluding ortho intramolecular Hbond substituents is 1. The summed E-state index contributed by atoms with van der Waals surface area (Å²) in [6, 6.07) is 10.7. The minimum atomic E-state index is 0.179. The van der Waals surface area contributed by atoms with Crippen molar-refractivity contribution in [2.24, 2.45) is 0 Å². The Morgan fingerprint density at radius 3 is 2.65 bits per heavy atom. The largest absolute Gasteiger partial charge is 0.507 e. The molecule has 0 fully saturated rings. The highest BCUT2D eigenvalue weighted by Gasteiger charge is 2.13. The highest BCUT2D eigenvalue weighted by molar-refractivity contribution is 6.34. The van der Waals surface area contributed by atoms with Crippen LogP contribution in [0.25, 0.3) is 22.0 Å². The molecule has 0 saturated heterocycles. The van der Waals surface area contributed by atoms with Gasteiger partial charge in [0.05, 0.1) is 12.6 Å². The molecule has 0 aliphatic rings. The van der Waals surface area contributed by atoms with Gasteiger partial charge in [0.1, 0.15) is 23.0 Å². The summed E-state index contributed by atoms with van der Waals surface area (Å²) in [5.41, 5.74) is 2.11. The summed E-state index contributed by atoms with van der Waals surface area (Å²) in [4.78, 5) is 8.14. The summed E-state index contributed by atoms with van der Waals surface area (Å²) in [7, 11) is 1.58. The maximum absolute atomic E-state index is 10.0. The molecule has 100 valence electrons. The molecule has 2 aromatic carbocycles. The van der Waals surface area contributed by atoms with E-state index in [1.54, 1.807) is 25.3 Å². The summed E-state index contributed by atoms with van der Waals surface area (Å²) in [5, 5.41) is 11.1. The number of halogens is 1. The lowest BCUT2D eigenvalue weighted by Crippen LogP contribution is -1.91. The highest BCUT2D eigenvalue weighted by Crippen LogP contribution is 2.38. The van der Waals surface area contributed by atoms with Crippen molar-refractivity contribution in [3.05, 3.63) is 47.9 Å². The van der Waals surface area contributed by atoms with Crippen molar-refractivity contribution in [1.29, 1.82) is 0 Å². The average molecular weight is 287 g/mol. The minimum Gasteiger partial charge on any atom is -0.507 e. The van der Waals surface area contributed by atoms with Crippen molar-refractivity contribution in [2.75, 3.05) is 7.11 Å². The van der Waals surface area contributed by atoms with E-state index in [-0.39, 0.29) is 5.75 Å². The summed E-state index contributed by atoms with van der Waals surface area (Å²) < 4.78 is 5.39. The van der Waals surface area contributed by atoms with Gasteiger partial charge in [0.15, 0.2) is 0 Å². The Kier molecular flexibility index (Phi) is 3.16. The van der Waals surface area contributed by atoms with Gasteiger partial charge in [0, 0.05) is 22.6 Å². The fourth-order valence-corrected chi connectivity index (χ4v) is 2.33. The van der Waals surface area contributed by atoms with Crippen LogP contribution in [0.3, 0.4) is 0 Å². The van der Waals surface area contributed by atoms with E-state index >= 15 is 0 Å². The molecule has 1 aromatic heterocycles. The molecule has 3 aromatic rings. The normalized spacial score (nSPS) is 10.7. The molecule has 5 heteroatoms. The zero-order valence-corrected chi connectivity index (χ0v) is 11.4. The van der Waals surface area contributed by atoms with Gasteiger partial charge in [0.25, 0.3) is 0 Å². The molecule has 0 saturated carbocycles. The van der Waals surface area contributed by atoms with E-state index in [1.807, 2.05) is 18.2 Å². The molecule has 0 amide bonds. The summed E-state index contributed by atoms with van der Waals surface area (Å²) in [5.74, 6) is 0.798. The molecule has 0 aliphatic heterocycles. The van der Waals surface area contributed by atoms with Crippen LogP contribution in [-0.4, -0.2) is 22.2 Å². The van der Waals surface area contributed by atoms with E-state index in [2.05, 4.69) is 9.97 Å². The lowest BCUT2D eigenvalue weighted by molar-refractivity contribution is 0.416. The molecule has 3 rings (SSSR count). The van der Waals surface area contributed by atoms with Crippen LogP contribution in [0.15, 0.2) is 42.7 Å². The van der Waals surface area contributed by atoms with Gasteiger partial charge >= 0.3 is 0 Å². The number of fused-ring (bicyclic) bond motifs is 1. The fraction of sp³-hybridized carbons (Fsp3) is 0.0667. The van der Waals surface area contributed by atoms with Gasteiger partial charge in [-0.1, -0.05) is 29.8 Å². The molecule has 20 heavy (non-hydrogen) atoms. The Labute approximate surface area is 120 Å². The first kappa shape index (κ1) is 12.7. The molecule has 0 atom stereocenters. The van der Waals surface area contributed by atoms with Crippen molar-refractivity contribution in [3.63, 3.8) is 0 Å². The van der Waals surface area contributed by atoms with Crippen molar-refractivity contribution >= 4 is 22.5 Å². The number of hydrogen-bond acceptors (Lipinski definition) is 4. The first-order valence-corrected chi connectivity index (χ1v) is 6.35. The Morgan fingerprint density at radius 2 is 1.90 bits per heavy atom. The number of aromatic hydroxyl groups is 1. The number of nitrogens with zero attached hydrogens (tertiary/aromatic N) is 2. The van der Waals surface area contributed by atoms with Crippen molar-refractivity contribution in [2.45, 2.75) is 0 Å². The third-order valence-electron chi connectivity index (χ3n) is 3.10. The maximum Gasteiger partial charge on any atom is 0.140 e. The fourth-order valence-electron chi connectivity index (χ4n) is 2.13. The van der Waals surface area contributed by atoms with E-state index in [1.165, 1.54) is 6.33 Å². The lowest BCUT2D eigenvalue weighted by atomic mass is 10.0. The highest BCUT2D eigenvalue weighted by atomic mass is 35.5. The second-order valence-electron chi connectivity index (χ2n) is 4.25. The molecule has 1 N–H and O–H groups in total. The summed E-state index contributed by atoms with van der Waals surface area (Å²) in [6.07, 6.45) is 1.41. The van der Waals surface area contributed by atoms with Gasteiger partial charge in [-0.15, -0.1) is 0 Å². The SMILES string of the molecule is COc1cc2ncnc(Cl)c2cc1-c1ccccc1O. The standard InChI is InChI=1S/C15H11ClN2O2/c1-20-14-7-12-11(15(16)18-8-17-12)6-10(14)9-4-2-3-5-13(9)19/h2-8,19H,1H3. The molecular weight excluding hydrogens is 276 g/mol. The zero-order chi connectivity index (χ0) is 14.1. The molecule has 0 unspecified atom stereocenters. The van der Waals surface area contributed by atoms with Gasteiger partial charge < -0.3 is 9.84 Å². The Morgan fingerprint density at radius 1 is 1.10 bits per heavy atom. The number of para-hydroxylation sites is 1. The van der Waals surface area contributed by atoms with Crippen LogP contribution >= 0.6 is 11.6 Å². The van der Waals surface area contributed by atoms with E-state index in [9.17, 15) is 5.11 Å². The van der Waals surface area contributed by atoms with Crippen LogP contribution in [0.5, 0.6) is 11.5 Å². The van der Waals surface area contributed by atoms with Crippen LogP contribution in [0.4, 0.5) is 0 Å². The minimum absolute atomic E-state index is 0.179.